The zero-order chi connectivity index (χ0) is 25.4. The molecule has 0 saturated carbocycles. The minimum atomic E-state index is -0.577. The number of rotatable bonds is 6. The van der Waals surface area contributed by atoms with Crippen molar-refractivity contribution in [1.29, 1.82) is 0 Å². The van der Waals surface area contributed by atoms with Gasteiger partial charge in [-0.1, -0.05) is 48.0 Å². The lowest BCUT2D eigenvalue weighted by atomic mass is 9.94. The normalized spacial score (nSPS) is 14.5. The van der Waals surface area contributed by atoms with Gasteiger partial charge >= 0.3 is 5.69 Å². The molecule has 186 valence electrons. The van der Waals surface area contributed by atoms with Gasteiger partial charge in [-0.25, -0.2) is 9.36 Å². The van der Waals surface area contributed by atoms with Crippen molar-refractivity contribution in [3.63, 3.8) is 0 Å². The monoisotopic (exact) mass is 523 g/mol. The highest BCUT2D eigenvalue weighted by Crippen LogP contribution is 2.37. The highest BCUT2D eigenvalue weighted by molar-refractivity contribution is 7.18. The molecule has 1 aliphatic heterocycles. The van der Waals surface area contributed by atoms with Crippen molar-refractivity contribution < 1.29 is 9.53 Å². The molecule has 2 aromatic carbocycles. The number of halogens is 1. The Kier molecular flexibility index (Phi) is 6.59. The van der Waals surface area contributed by atoms with Crippen molar-refractivity contribution in [1.82, 2.24) is 14.5 Å². The first kappa shape index (κ1) is 24.5. The van der Waals surface area contributed by atoms with Crippen molar-refractivity contribution in [2.45, 2.75) is 45.4 Å². The van der Waals surface area contributed by atoms with E-state index in [4.69, 9.17) is 16.3 Å². The molecule has 5 rings (SSSR count). The van der Waals surface area contributed by atoms with Crippen LogP contribution in [0.2, 0.25) is 5.02 Å². The Balaban J connectivity index is 1.58. The number of nitrogens with zero attached hydrogens (tertiary/aromatic N) is 2. The molecular weight excluding hydrogens is 498 g/mol. The summed E-state index contributed by atoms with van der Waals surface area (Å²) in [5.74, 6) is -0.298. The molecule has 0 bridgehead atoms. The van der Waals surface area contributed by atoms with E-state index in [0.717, 1.165) is 20.6 Å². The summed E-state index contributed by atoms with van der Waals surface area (Å²) < 4.78 is 8.46. The topological polar surface area (TPSA) is 82.3 Å². The lowest BCUT2D eigenvalue weighted by Crippen LogP contribution is -2.42. The summed E-state index contributed by atoms with van der Waals surface area (Å²) >= 11 is 7.52. The molecule has 7 nitrogen and oxygen atoms in total. The van der Waals surface area contributed by atoms with Crippen molar-refractivity contribution >= 4 is 39.1 Å². The van der Waals surface area contributed by atoms with Gasteiger partial charge in [0.15, 0.2) is 0 Å². The highest BCUT2D eigenvalue weighted by Gasteiger charge is 2.32. The largest absolute Gasteiger partial charge is 0.370 e. The molecule has 0 saturated heterocycles. The van der Waals surface area contributed by atoms with E-state index in [0.29, 0.717) is 46.9 Å². The molecule has 9 heteroatoms. The Morgan fingerprint density at radius 1 is 1.14 bits per heavy atom. The van der Waals surface area contributed by atoms with E-state index >= 15 is 0 Å². The van der Waals surface area contributed by atoms with E-state index in [-0.39, 0.29) is 12.5 Å². The van der Waals surface area contributed by atoms with Crippen molar-refractivity contribution in [2.24, 2.45) is 0 Å². The molecule has 0 aliphatic carbocycles. The van der Waals surface area contributed by atoms with Crippen molar-refractivity contribution in [2.75, 3.05) is 6.54 Å². The van der Waals surface area contributed by atoms with E-state index in [1.54, 1.807) is 24.3 Å². The molecule has 1 amide bonds. The molecule has 0 unspecified atom stereocenters. The van der Waals surface area contributed by atoms with Crippen LogP contribution in [0.25, 0.3) is 15.9 Å². The fraction of sp³-hybridized carbons (Fsp3) is 0.296. The highest BCUT2D eigenvalue weighted by atomic mass is 35.5. The number of fused-ring (bicyclic) bond motifs is 3. The fourth-order valence-corrected chi connectivity index (χ4v) is 5.93. The van der Waals surface area contributed by atoms with Gasteiger partial charge in [-0.3, -0.25) is 14.2 Å². The van der Waals surface area contributed by atoms with E-state index < -0.39 is 16.9 Å². The van der Waals surface area contributed by atoms with Gasteiger partial charge in [0.25, 0.3) is 5.56 Å². The Labute approximate surface area is 216 Å². The summed E-state index contributed by atoms with van der Waals surface area (Å²) in [7, 11) is 0. The lowest BCUT2D eigenvalue weighted by Gasteiger charge is -2.29. The number of hydrogen-bond donors (Lipinski definition) is 1. The number of ether oxygens (including phenoxy) is 1. The number of carbonyl (C=O) groups is 1. The average molecular weight is 524 g/mol. The summed E-state index contributed by atoms with van der Waals surface area (Å²) in [5, 5.41) is 3.77. The van der Waals surface area contributed by atoms with Gasteiger partial charge in [-0.05, 0) is 49.6 Å². The summed E-state index contributed by atoms with van der Waals surface area (Å²) in [6, 6.07) is 16.5. The van der Waals surface area contributed by atoms with Gasteiger partial charge in [0.1, 0.15) is 11.4 Å². The molecule has 36 heavy (non-hydrogen) atoms. The third-order valence-electron chi connectivity index (χ3n) is 6.30. The number of hydrogen-bond acceptors (Lipinski definition) is 5. The Morgan fingerprint density at radius 3 is 2.67 bits per heavy atom. The second kappa shape index (κ2) is 9.69. The molecule has 0 fully saturated rings. The third kappa shape index (κ3) is 4.76. The van der Waals surface area contributed by atoms with Crippen LogP contribution in [0.4, 0.5) is 0 Å². The molecule has 1 N–H and O–H groups in total. The zero-order valence-corrected chi connectivity index (χ0v) is 21.6. The van der Waals surface area contributed by atoms with Crippen LogP contribution in [0.15, 0.2) is 64.2 Å². The molecule has 0 spiro atoms. The van der Waals surface area contributed by atoms with Crippen LogP contribution < -0.4 is 16.6 Å². The van der Waals surface area contributed by atoms with Crippen LogP contribution >= 0.6 is 22.9 Å². The van der Waals surface area contributed by atoms with Crippen molar-refractivity contribution in [3.05, 3.63) is 96.5 Å². The van der Waals surface area contributed by atoms with E-state index in [1.165, 1.54) is 15.9 Å². The third-order valence-corrected chi connectivity index (χ3v) is 7.76. The van der Waals surface area contributed by atoms with Gasteiger partial charge in [0.2, 0.25) is 5.91 Å². The van der Waals surface area contributed by atoms with Gasteiger partial charge in [0, 0.05) is 22.9 Å². The number of aromatic nitrogens is 2. The fourth-order valence-electron chi connectivity index (χ4n) is 4.53. The van der Waals surface area contributed by atoms with Gasteiger partial charge in [-0.2, -0.15) is 0 Å². The van der Waals surface area contributed by atoms with E-state index in [2.05, 4.69) is 5.32 Å². The summed E-state index contributed by atoms with van der Waals surface area (Å²) in [4.78, 5) is 41.7. The van der Waals surface area contributed by atoms with Crippen LogP contribution in [0, 0.1) is 0 Å². The summed E-state index contributed by atoms with van der Waals surface area (Å²) in [5.41, 5.74) is 0.930. The molecule has 1 aliphatic rings. The Morgan fingerprint density at radius 2 is 1.92 bits per heavy atom. The van der Waals surface area contributed by atoms with Gasteiger partial charge in [0.05, 0.1) is 23.3 Å². The number of carbonyl (C=O) groups excluding carboxylic acids is 1. The average Bonchev–Trinajstić information content (AvgIpc) is 3.20. The standard InChI is InChI=1S/C27H26ClN3O4S/c1-27(2)14-20-21(16-35-27)36-25-23(20)24(33)31(19-10-6-9-18(28)13-19)26(34)30(25)15-22(32)29-12-11-17-7-4-3-5-8-17/h3-10,13H,11-12,14-16H2,1-2H3,(H,29,32). The first-order chi connectivity index (χ1) is 17.2. The maximum absolute atomic E-state index is 13.7. The number of amides is 1. The van der Waals surface area contributed by atoms with Crippen LogP contribution in [-0.4, -0.2) is 27.2 Å². The second-order valence-electron chi connectivity index (χ2n) is 9.48. The quantitative estimate of drug-likeness (QED) is 0.413. The molecule has 4 aromatic rings. The molecule has 2 aromatic heterocycles. The Bertz CT molecular complexity index is 1570. The number of nitrogens with one attached hydrogen (secondary N) is 1. The number of thiophene rings is 1. The SMILES string of the molecule is CC1(C)Cc2c(sc3c2c(=O)n(-c2cccc(Cl)c2)c(=O)n3CC(=O)NCCc2ccccc2)CO1. The van der Waals surface area contributed by atoms with E-state index in [1.807, 2.05) is 44.2 Å². The molecule has 0 radical (unpaired) electrons. The maximum atomic E-state index is 13.7. The predicted octanol–water partition coefficient (Wildman–Crippen LogP) is 4.08. The minimum Gasteiger partial charge on any atom is -0.370 e. The summed E-state index contributed by atoms with van der Waals surface area (Å²) in [6.45, 7) is 4.55. The number of benzene rings is 2. The lowest BCUT2D eigenvalue weighted by molar-refractivity contribution is -0.121. The van der Waals surface area contributed by atoms with Gasteiger partial charge < -0.3 is 10.1 Å². The second-order valence-corrected chi connectivity index (χ2v) is 11.0. The minimum absolute atomic E-state index is 0.200. The Hall–Kier alpha value is -3.20. The van der Waals surface area contributed by atoms with Crippen LogP contribution in [-0.2, 0) is 35.5 Å². The van der Waals surface area contributed by atoms with Crippen molar-refractivity contribution in [3.8, 4) is 5.69 Å². The zero-order valence-electron chi connectivity index (χ0n) is 20.0. The first-order valence-electron chi connectivity index (χ1n) is 11.7. The molecule has 0 atom stereocenters. The smallest absolute Gasteiger partial charge is 0.337 e. The molecular formula is C27H26ClN3O4S. The van der Waals surface area contributed by atoms with E-state index in [9.17, 15) is 14.4 Å². The van der Waals surface area contributed by atoms with Gasteiger partial charge in [-0.15, -0.1) is 11.3 Å². The first-order valence-corrected chi connectivity index (χ1v) is 12.9. The predicted molar refractivity (Wildman–Crippen MR) is 142 cm³/mol. The van der Waals surface area contributed by atoms with Crippen LogP contribution in [0.3, 0.4) is 0 Å². The molecule has 3 heterocycles. The van der Waals surface area contributed by atoms with Crippen LogP contribution in [0.1, 0.15) is 29.9 Å². The summed E-state index contributed by atoms with van der Waals surface area (Å²) in [6.07, 6.45) is 1.22. The van der Waals surface area contributed by atoms with Crippen LogP contribution in [0.5, 0.6) is 0 Å². The maximum Gasteiger partial charge on any atom is 0.337 e.